The first-order valence-corrected chi connectivity index (χ1v) is 8.57. The molecule has 0 atom stereocenters. The molecule has 0 radical (unpaired) electrons. The summed E-state index contributed by atoms with van der Waals surface area (Å²) < 4.78 is 4.94. The topological polar surface area (TPSA) is 66.9 Å². The van der Waals surface area contributed by atoms with Gasteiger partial charge < -0.3 is 9.64 Å². The van der Waals surface area contributed by atoms with E-state index in [0.717, 1.165) is 29.8 Å². The van der Waals surface area contributed by atoms with E-state index in [0.29, 0.717) is 19.4 Å². The molecule has 0 N–H and O–H groups in total. The number of carbonyl (C=O) groups excluding carboxylic acids is 3. The van der Waals surface area contributed by atoms with Crippen LogP contribution in [0.15, 0.2) is 24.3 Å². The summed E-state index contributed by atoms with van der Waals surface area (Å²) in [5.41, 5.74) is 3.42. The summed E-state index contributed by atoms with van der Waals surface area (Å²) in [7, 11) is 2.08. The number of anilines is 1. The van der Waals surface area contributed by atoms with E-state index >= 15 is 0 Å². The lowest BCUT2D eigenvalue weighted by atomic mass is 9.99. The molecular formula is C19H22N2O4. The second kappa shape index (κ2) is 7.51. The molecule has 3 rings (SSSR count). The van der Waals surface area contributed by atoms with Crippen LogP contribution >= 0.6 is 0 Å². The lowest BCUT2D eigenvalue weighted by molar-refractivity contribution is -0.151. The SMILES string of the molecule is CN1CCCc2cc(C=CC(=O)OCC(=O)N3CCCC3=O)ccc21. The number of ether oxygens (including phenoxy) is 1. The van der Waals surface area contributed by atoms with Crippen LogP contribution in [0.2, 0.25) is 0 Å². The van der Waals surface area contributed by atoms with Gasteiger partial charge in [-0.15, -0.1) is 0 Å². The zero-order chi connectivity index (χ0) is 17.8. The van der Waals surface area contributed by atoms with Crippen LogP contribution in [0.3, 0.4) is 0 Å². The quantitative estimate of drug-likeness (QED) is 0.616. The third kappa shape index (κ3) is 4.07. The Balaban J connectivity index is 1.54. The molecule has 0 unspecified atom stereocenters. The number of likely N-dealkylation sites (tertiary alicyclic amines) is 1. The minimum atomic E-state index is -0.588. The van der Waals surface area contributed by atoms with Gasteiger partial charge in [-0.25, -0.2) is 4.79 Å². The molecule has 0 bridgehead atoms. The van der Waals surface area contributed by atoms with E-state index in [1.807, 2.05) is 6.07 Å². The van der Waals surface area contributed by atoms with E-state index in [4.69, 9.17) is 4.74 Å². The summed E-state index contributed by atoms with van der Waals surface area (Å²) in [6, 6.07) is 6.09. The van der Waals surface area contributed by atoms with Crippen molar-refractivity contribution in [2.75, 3.05) is 31.6 Å². The lowest BCUT2D eigenvalue weighted by Crippen LogP contribution is -2.35. The number of hydrogen-bond donors (Lipinski definition) is 0. The van der Waals surface area contributed by atoms with Gasteiger partial charge in [0.15, 0.2) is 6.61 Å². The van der Waals surface area contributed by atoms with Crippen molar-refractivity contribution in [2.24, 2.45) is 0 Å². The highest BCUT2D eigenvalue weighted by atomic mass is 16.5. The molecule has 2 heterocycles. The fourth-order valence-corrected chi connectivity index (χ4v) is 3.24. The molecule has 25 heavy (non-hydrogen) atoms. The number of nitrogens with zero attached hydrogens (tertiary/aromatic N) is 2. The molecule has 0 aliphatic carbocycles. The number of esters is 1. The molecule has 2 amide bonds. The number of carbonyl (C=O) groups is 3. The van der Waals surface area contributed by atoms with Crippen LogP contribution in [0.5, 0.6) is 0 Å². The Bertz CT molecular complexity index is 726. The van der Waals surface area contributed by atoms with Crippen LogP contribution < -0.4 is 4.90 Å². The molecule has 132 valence electrons. The number of amides is 2. The smallest absolute Gasteiger partial charge is 0.331 e. The van der Waals surface area contributed by atoms with E-state index in [-0.39, 0.29) is 5.91 Å². The Morgan fingerprint density at radius 2 is 2.00 bits per heavy atom. The Hall–Kier alpha value is -2.63. The van der Waals surface area contributed by atoms with Gasteiger partial charge in [-0.05, 0) is 48.6 Å². The molecule has 1 saturated heterocycles. The van der Waals surface area contributed by atoms with Crippen LogP contribution in [-0.2, 0) is 25.5 Å². The number of benzene rings is 1. The molecule has 6 heteroatoms. The fourth-order valence-electron chi connectivity index (χ4n) is 3.24. The lowest BCUT2D eigenvalue weighted by Gasteiger charge is -2.27. The van der Waals surface area contributed by atoms with E-state index in [1.54, 1.807) is 6.08 Å². The maximum absolute atomic E-state index is 11.8. The van der Waals surface area contributed by atoms with E-state index in [1.165, 1.54) is 17.3 Å². The van der Waals surface area contributed by atoms with Crippen molar-refractivity contribution in [3.05, 3.63) is 35.4 Å². The summed E-state index contributed by atoms with van der Waals surface area (Å²) in [6.45, 7) is 1.07. The van der Waals surface area contributed by atoms with E-state index in [2.05, 4.69) is 24.1 Å². The maximum Gasteiger partial charge on any atom is 0.331 e. The maximum atomic E-state index is 11.8. The van der Waals surface area contributed by atoms with Gasteiger partial charge in [0.2, 0.25) is 5.91 Å². The standard InChI is InChI=1S/C19H22N2O4/c1-20-10-2-4-15-12-14(6-8-16(15)20)7-9-19(24)25-13-18(23)21-11-3-5-17(21)22/h6-9,12H,2-5,10-11,13H2,1H3. The summed E-state index contributed by atoms with van der Waals surface area (Å²) in [6.07, 6.45) is 6.20. The van der Waals surface area contributed by atoms with Gasteiger partial charge in [0.25, 0.3) is 5.91 Å². The van der Waals surface area contributed by atoms with Crippen molar-refractivity contribution >= 4 is 29.5 Å². The van der Waals surface area contributed by atoms with Gasteiger partial charge in [0.05, 0.1) is 0 Å². The summed E-state index contributed by atoms with van der Waals surface area (Å²) in [5, 5.41) is 0. The Kier molecular flexibility index (Phi) is 5.16. The van der Waals surface area contributed by atoms with Crippen LogP contribution in [0.4, 0.5) is 5.69 Å². The van der Waals surface area contributed by atoms with Crippen molar-refractivity contribution in [3.8, 4) is 0 Å². The number of fused-ring (bicyclic) bond motifs is 1. The molecule has 6 nitrogen and oxygen atoms in total. The minimum Gasteiger partial charge on any atom is -0.452 e. The summed E-state index contributed by atoms with van der Waals surface area (Å²) in [4.78, 5) is 38.4. The number of rotatable bonds is 4. The highest BCUT2D eigenvalue weighted by Gasteiger charge is 2.26. The van der Waals surface area contributed by atoms with Crippen molar-refractivity contribution in [3.63, 3.8) is 0 Å². The van der Waals surface area contributed by atoms with Crippen LogP contribution in [0.25, 0.3) is 6.08 Å². The molecule has 0 saturated carbocycles. The first-order chi connectivity index (χ1) is 12.0. The zero-order valence-corrected chi connectivity index (χ0v) is 14.4. The van der Waals surface area contributed by atoms with Gasteiger partial charge in [-0.2, -0.15) is 0 Å². The summed E-state index contributed by atoms with van der Waals surface area (Å²) >= 11 is 0. The zero-order valence-electron chi connectivity index (χ0n) is 14.4. The minimum absolute atomic E-state index is 0.199. The van der Waals surface area contributed by atoms with Crippen molar-refractivity contribution in [1.82, 2.24) is 4.90 Å². The molecule has 1 aromatic carbocycles. The third-order valence-corrected chi connectivity index (χ3v) is 4.58. The molecular weight excluding hydrogens is 320 g/mol. The number of aryl methyl sites for hydroxylation is 1. The molecule has 2 aliphatic rings. The predicted molar refractivity (Wildman–Crippen MR) is 94.0 cm³/mol. The average molecular weight is 342 g/mol. The average Bonchev–Trinajstić information content (AvgIpc) is 3.04. The normalized spacial score (nSPS) is 17.1. The second-order valence-electron chi connectivity index (χ2n) is 6.40. The molecule has 0 aromatic heterocycles. The first-order valence-electron chi connectivity index (χ1n) is 8.57. The molecule has 2 aliphatic heterocycles. The highest BCUT2D eigenvalue weighted by Crippen LogP contribution is 2.27. The predicted octanol–water partition coefficient (Wildman–Crippen LogP) is 1.77. The Morgan fingerprint density at radius 3 is 2.76 bits per heavy atom. The van der Waals surface area contributed by atoms with Gasteiger partial charge in [-0.1, -0.05) is 6.07 Å². The van der Waals surface area contributed by atoms with Gasteiger partial charge in [-0.3, -0.25) is 14.5 Å². The van der Waals surface area contributed by atoms with Crippen LogP contribution in [0.1, 0.15) is 30.4 Å². The van der Waals surface area contributed by atoms with Crippen molar-refractivity contribution < 1.29 is 19.1 Å². The highest BCUT2D eigenvalue weighted by molar-refractivity contribution is 5.98. The first kappa shape index (κ1) is 17.2. The fraction of sp³-hybridized carbons (Fsp3) is 0.421. The molecule has 0 spiro atoms. The van der Waals surface area contributed by atoms with Crippen molar-refractivity contribution in [1.29, 1.82) is 0 Å². The van der Waals surface area contributed by atoms with Crippen LogP contribution in [-0.4, -0.2) is 49.4 Å². The Morgan fingerprint density at radius 1 is 1.20 bits per heavy atom. The third-order valence-electron chi connectivity index (χ3n) is 4.58. The monoisotopic (exact) mass is 342 g/mol. The number of imide groups is 1. The second-order valence-corrected chi connectivity index (χ2v) is 6.40. The Labute approximate surface area is 147 Å². The van der Waals surface area contributed by atoms with E-state index < -0.39 is 18.5 Å². The van der Waals surface area contributed by atoms with Gasteiger partial charge in [0, 0.05) is 38.3 Å². The van der Waals surface area contributed by atoms with Crippen molar-refractivity contribution in [2.45, 2.75) is 25.7 Å². The molecule has 1 fully saturated rings. The molecule has 1 aromatic rings. The summed E-state index contributed by atoms with van der Waals surface area (Å²) in [5.74, 6) is -1.24. The van der Waals surface area contributed by atoms with Gasteiger partial charge >= 0.3 is 5.97 Å². The number of hydrogen-bond acceptors (Lipinski definition) is 5. The van der Waals surface area contributed by atoms with E-state index in [9.17, 15) is 14.4 Å². The largest absolute Gasteiger partial charge is 0.452 e. The van der Waals surface area contributed by atoms with Gasteiger partial charge in [0.1, 0.15) is 0 Å². The van der Waals surface area contributed by atoms with Crippen LogP contribution in [0, 0.1) is 0 Å².